The topological polar surface area (TPSA) is 57.3 Å². The summed E-state index contributed by atoms with van der Waals surface area (Å²) in [5.41, 5.74) is 0.793. The van der Waals surface area contributed by atoms with E-state index in [0.29, 0.717) is 28.9 Å². The molecule has 0 spiro atoms. The molecule has 2 atom stereocenters. The van der Waals surface area contributed by atoms with Gasteiger partial charge in [-0.3, -0.25) is 4.79 Å². The second-order valence-corrected chi connectivity index (χ2v) is 6.39. The average Bonchev–Trinajstić information content (AvgIpc) is 3.19. The standard InChI is InChI=1S/C18H19FN4O/c19-15-5-1-2-6-16(15)22-17-14(4-3-7-21-17)18(24)23-10-12-8-20-9-13(12)11-23/h1-7,12-13,20H,8-11H2,(H,21,22)/t12-,13+. The molecule has 0 aliphatic carbocycles. The van der Waals surface area contributed by atoms with Crippen molar-refractivity contribution in [3.63, 3.8) is 0 Å². The second kappa shape index (κ2) is 6.20. The number of pyridine rings is 1. The van der Waals surface area contributed by atoms with Gasteiger partial charge in [0.2, 0.25) is 0 Å². The molecule has 0 bridgehead atoms. The molecule has 4 rings (SSSR count). The van der Waals surface area contributed by atoms with Crippen molar-refractivity contribution < 1.29 is 9.18 Å². The van der Waals surface area contributed by atoms with E-state index in [1.54, 1.807) is 36.5 Å². The molecule has 0 radical (unpaired) electrons. The maximum atomic E-state index is 13.9. The molecule has 0 saturated carbocycles. The van der Waals surface area contributed by atoms with Crippen LogP contribution in [0.1, 0.15) is 10.4 Å². The minimum absolute atomic E-state index is 0.0451. The Balaban J connectivity index is 1.57. The number of carbonyl (C=O) groups is 1. The van der Waals surface area contributed by atoms with Crippen molar-refractivity contribution >= 4 is 17.4 Å². The molecule has 0 unspecified atom stereocenters. The van der Waals surface area contributed by atoms with Gasteiger partial charge in [-0.25, -0.2) is 9.37 Å². The Morgan fingerprint density at radius 1 is 1.17 bits per heavy atom. The van der Waals surface area contributed by atoms with E-state index in [-0.39, 0.29) is 11.7 Å². The van der Waals surface area contributed by atoms with Crippen molar-refractivity contribution in [1.82, 2.24) is 15.2 Å². The van der Waals surface area contributed by atoms with Gasteiger partial charge in [-0.15, -0.1) is 0 Å². The zero-order valence-electron chi connectivity index (χ0n) is 13.2. The lowest BCUT2D eigenvalue weighted by Crippen LogP contribution is -2.32. The zero-order valence-corrected chi connectivity index (χ0v) is 13.2. The van der Waals surface area contributed by atoms with Crippen LogP contribution in [0.25, 0.3) is 0 Å². The summed E-state index contributed by atoms with van der Waals surface area (Å²) >= 11 is 0. The number of nitrogens with one attached hydrogen (secondary N) is 2. The van der Waals surface area contributed by atoms with E-state index in [2.05, 4.69) is 15.6 Å². The number of aromatic nitrogens is 1. The third kappa shape index (κ3) is 2.73. The number of hydrogen-bond acceptors (Lipinski definition) is 4. The van der Waals surface area contributed by atoms with Crippen LogP contribution in [0.15, 0.2) is 42.6 Å². The van der Waals surface area contributed by atoms with Crippen LogP contribution in [0.3, 0.4) is 0 Å². The van der Waals surface area contributed by atoms with Gasteiger partial charge >= 0.3 is 0 Å². The van der Waals surface area contributed by atoms with Gasteiger partial charge in [0.1, 0.15) is 11.6 Å². The maximum Gasteiger partial charge on any atom is 0.257 e. The van der Waals surface area contributed by atoms with E-state index in [4.69, 9.17) is 0 Å². The summed E-state index contributed by atoms with van der Waals surface area (Å²) in [7, 11) is 0. The molecule has 2 aromatic rings. The van der Waals surface area contributed by atoms with E-state index < -0.39 is 0 Å². The highest BCUT2D eigenvalue weighted by atomic mass is 19.1. The number of para-hydroxylation sites is 1. The number of halogens is 1. The monoisotopic (exact) mass is 326 g/mol. The highest BCUT2D eigenvalue weighted by molar-refractivity contribution is 5.99. The number of nitrogens with zero attached hydrogens (tertiary/aromatic N) is 2. The number of fused-ring (bicyclic) bond motifs is 1. The molecule has 2 saturated heterocycles. The Hall–Kier alpha value is -2.47. The van der Waals surface area contributed by atoms with E-state index in [9.17, 15) is 9.18 Å². The van der Waals surface area contributed by atoms with Crippen molar-refractivity contribution in [3.05, 3.63) is 54.0 Å². The fraction of sp³-hybridized carbons (Fsp3) is 0.333. The fourth-order valence-corrected chi connectivity index (χ4v) is 3.56. The Morgan fingerprint density at radius 2 is 1.92 bits per heavy atom. The molecule has 6 heteroatoms. The van der Waals surface area contributed by atoms with Gasteiger partial charge in [0.15, 0.2) is 0 Å². The molecular formula is C18H19FN4O. The minimum atomic E-state index is -0.372. The third-order valence-electron chi connectivity index (χ3n) is 4.84. The molecule has 2 fully saturated rings. The number of hydrogen-bond donors (Lipinski definition) is 2. The Labute approximate surface area is 139 Å². The van der Waals surface area contributed by atoms with Crippen molar-refractivity contribution in [2.75, 3.05) is 31.5 Å². The Morgan fingerprint density at radius 3 is 2.67 bits per heavy atom. The Bertz CT molecular complexity index is 754. The molecule has 2 N–H and O–H groups in total. The summed E-state index contributed by atoms with van der Waals surface area (Å²) in [6, 6.07) is 9.85. The summed E-state index contributed by atoms with van der Waals surface area (Å²) in [5.74, 6) is 1.05. The lowest BCUT2D eigenvalue weighted by Gasteiger charge is -2.19. The van der Waals surface area contributed by atoms with Crippen LogP contribution in [-0.2, 0) is 0 Å². The molecule has 1 aromatic carbocycles. The predicted molar refractivity (Wildman–Crippen MR) is 89.7 cm³/mol. The van der Waals surface area contributed by atoms with Crippen LogP contribution < -0.4 is 10.6 Å². The number of anilines is 2. The first kappa shape index (κ1) is 15.1. The molecular weight excluding hydrogens is 307 g/mol. The number of amides is 1. The number of benzene rings is 1. The lowest BCUT2D eigenvalue weighted by atomic mass is 10.0. The van der Waals surface area contributed by atoms with Crippen LogP contribution >= 0.6 is 0 Å². The molecule has 124 valence electrons. The molecule has 1 aromatic heterocycles. The summed E-state index contributed by atoms with van der Waals surface area (Å²) in [6.07, 6.45) is 1.60. The van der Waals surface area contributed by atoms with E-state index in [0.717, 1.165) is 26.2 Å². The van der Waals surface area contributed by atoms with E-state index >= 15 is 0 Å². The molecule has 3 heterocycles. The van der Waals surface area contributed by atoms with Crippen molar-refractivity contribution in [1.29, 1.82) is 0 Å². The first-order valence-corrected chi connectivity index (χ1v) is 8.19. The van der Waals surface area contributed by atoms with Crippen molar-refractivity contribution in [2.24, 2.45) is 11.8 Å². The van der Waals surface area contributed by atoms with Crippen LogP contribution in [0.5, 0.6) is 0 Å². The first-order chi connectivity index (χ1) is 11.7. The van der Waals surface area contributed by atoms with Gasteiger partial charge in [0.05, 0.1) is 11.3 Å². The Kier molecular flexibility index (Phi) is 3.90. The van der Waals surface area contributed by atoms with Crippen LogP contribution in [0.4, 0.5) is 15.9 Å². The number of likely N-dealkylation sites (tertiary alicyclic amines) is 1. The highest BCUT2D eigenvalue weighted by Gasteiger charge is 2.38. The molecule has 2 aliphatic rings. The smallest absolute Gasteiger partial charge is 0.257 e. The molecule has 1 amide bonds. The van der Waals surface area contributed by atoms with Gasteiger partial charge < -0.3 is 15.5 Å². The number of rotatable bonds is 3. The quantitative estimate of drug-likeness (QED) is 0.908. The molecule has 2 aliphatic heterocycles. The summed E-state index contributed by atoms with van der Waals surface area (Å²) in [4.78, 5) is 19.0. The van der Waals surface area contributed by atoms with Gasteiger partial charge in [0, 0.05) is 32.4 Å². The van der Waals surface area contributed by atoms with Gasteiger partial charge in [0.25, 0.3) is 5.91 Å². The predicted octanol–water partition coefficient (Wildman–Crippen LogP) is 2.26. The molecule has 24 heavy (non-hydrogen) atoms. The highest BCUT2D eigenvalue weighted by Crippen LogP contribution is 2.29. The van der Waals surface area contributed by atoms with Crippen LogP contribution in [0, 0.1) is 17.7 Å². The van der Waals surface area contributed by atoms with E-state index in [1.165, 1.54) is 6.07 Å². The molecule has 5 nitrogen and oxygen atoms in total. The van der Waals surface area contributed by atoms with Crippen LogP contribution in [-0.4, -0.2) is 42.0 Å². The third-order valence-corrected chi connectivity index (χ3v) is 4.84. The normalized spacial score (nSPS) is 22.5. The summed E-state index contributed by atoms with van der Waals surface area (Å²) < 4.78 is 13.9. The summed E-state index contributed by atoms with van der Waals surface area (Å²) in [6.45, 7) is 3.48. The largest absolute Gasteiger partial charge is 0.338 e. The summed E-state index contributed by atoms with van der Waals surface area (Å²) in [5, 5.41) is 6.32. The van der Waals surface area contributed by atoms with Crippen LogP contribution in [0.2, 0.25) is 0 Å². The van der Waals surface area contributed by atoms with Gasteiger partial charge in [-0.1, -0.05) is 12.1 Å². The van der Waals surface area contributed by atoms with Crippen molar-refractivity contribution in [2.45, 2.75) is 0 Å². The second-order valence-electron chi connectivity index (χ2n) is 6.39. The lowest BCUT2D eigenvalue weighted by molar-refractivity contribution is 0.0782. The minimum Gasteiger partial charge on any atom is -0.338 e. The average molecular weight is 326 g/mol. The maximum absolute atomic E-state index is 13.9. The zero-order chi connectivity index (χ0) is 16.5. The SMILES string of the molecule is O=C(c1cccnc1Nc1ccccc1F)N1C[C@H]2CNC[C@H]2C1. The van der Waals surface area contributed by atoms with Gasteiger partial charge in [-0.05, 0) is 36.1 Å². The van der Waals surface area contributed by atoms with E-state index in [1.807, 2.05) is 4.90 Å². The van der Waals surface area contributed by atoms with Crippen molar-refractivity contribution in [3.8, 4) is 0 Å². The van der Waals surface area contributed by atoms with Gasteiger partial charge in [-0.2, -0.15) is 0 Å². The fourth-order valence-electron chi connectivity index (χ4n) is 3.56. The first-order valence-electron chi connectivity index (χ1n) is 8.19. The number of carbonyl (C=O) groups excluding carboxylic acids is 1.